The number of hydrogen-bond acceptors (Lipinski definition) is 4. The first kappa shape index (κ1) is 18.9. The number of halogens is 1. The summed E-state index contributed by atoms with van der Waals surface area (Å²) in [5, 5.41) is 7.78. The lowest BCUT2D eigenvalue weighted by atomic mass is 9.74. The molecule has 7 heteroatoms. The van der Waals surface area contributed by atoms with Gasteiger partial charge in [0, 0.05) is 18.3 Å². The molecule has 3 heterocycles. The van der Waals surface area contributed by atoms with Crippen LogP contribution in [-0.4, -0.2) is 33.9 Å². The van der Waals surface area contributed by atoms with Crippen molar-refractivity contribution in [3.05, 3.63) is 76.9 Å². The van der Waals surface area contributed by atoms with Crippen LogP contribution in [0.2, 0.25) is 0 Å². The summed E-state index contributed by atoms with van der Waals surface area (Å²) in [4.78, 5) is 14.9. The first-order valence-electron chi connectivity index (χ1n) is 10.1. The monoisotopic (exact) mass is 406 g/mol. The summed E-state index contributed by atoms with van der Waals surface area (Å²) in [7, 11) is 1.73. The maximum Gasteiger partial charge on any atom is 0.258 e. The predicted molar refractivity (Wildman–Crippen MR) is 110 cm³/mol. The highest BCUT2D eigenvalue weighted by atomic mass is 19.1. The molecule has 0 bridgehead atoms. The minimum atomic E-state index is -1.35. The lowest BCUT2D eigenvalue weighted by molar-refractivity contribution is -0.102. The van der Waals surface area contributed by atoms with Crippen LogP contribution in [0.4, 0.5) is 10.1 Å². The molecule has 2 aliphatic rings. The van der Waals surface area contributed by atoms with Crippen LogP contribution in [0.1, 0.15) is 46.0 Å². The number of carbonyl (C=O) groups excluding carboxylic acids is 1. The van der Waals surface area contributed by atoms with Gasteiger partial charge in [0.05, 0.1) is 25.2 Å². The van der Waals surface area contributed by atoms with Gasteiger partial charge in [0.15, 0.2) is 12.0 Å². The average Bonchev–Trinajstić information content (AvgIpc) is 3.30. The van der Waals surface area contributed by atoms with Crippen LogP contribution in [0.25, 0.3) is 0 Å². The van der Waals surface area contributed by atoms with E-state index in [4.69, 9.17) is 4.74 Å². The summed E-state index contributed by atoms with van der Waals surface area (Å²) in [5.74, 6) is 0.266. The van der Waals surface area contributed by atoms with E-state index >= 15 is 4.39 Å². The van der Waals surface area contributed by atoms with E-state index in [0.29, 0.717) is 6.54 Å². The maximum absolute atomic E-state index is 15.6. The Hall–Kier alpha value is -3.06. The Morgan fingerprint density at radius 1 is 1.23 bits per heavy atom. The fraction of sp³-hybridized carbons (Fsp3) is 0.348. The zero-order chi connectivity index (χ0) is 20.9. The molecule has 154 valence electrons. The molecule has 3 aromatic rings. The van der Waals surface area contributed by atoms with Crippen molar-refractivity contribution in [2.24, 2.45) is 7.05 Å². The number of ether oxygens (including phenoxy) is 1. The third-order valence-electron chi connectivity index (χ3n) is 6.36. The Bertz CT molecular complexity index is 1120. The van der Waals surface area contributed by atoms with Gasteiger partial charge in [-0.15, -0.1) is 10.2 Å². The van der Waals surface area contributed by atoms with Crippen LogP contribution >= 0.6 is 0 Å². The topological polar surface area (TPSA) is 60.3 Å². The van der Waals surface area contributed by atoms with Gasteiger partial charge >= 0.3 is 0 Å². The van der Waals surface area contributed by atoms with Crippen molar-refractivity contribution >= 4 is 11.6 Å². The lowest BCUT2D eigenvalue weighted by Gasteiger charge is -2.43. The summed E-state index contributed by atoms with van der Waals surface area (Å²) in [6.07, 6.45) is 1.02. The Morgan fingerprint density at radius 3 is 2.70 bits per heavy atom. The molecule has 1 fully saturated rings. The number of aromatic nitrogens is 3. The van der Waals surface area contributed by atoms with Crippen molar-refractivity contribution in [1.29, 1.82) is 0 Å². The van der Waals surface area contributed by atoms with Crippen LogP contribution in [0.15, 0.2) is 48.8 Å². The number of aryl methyl sites for hydroxylation is 2. The molecule has 2 aliphatic heterocycles. The highest BCUT2D eigenvalue weighted by molar-refractivity contribution is 6.10. The number of fused-ring (bicyclic) bond motifs is 1. The van der Waals surface area contributed by atoms with Gasteiger partial charge < -0.3 is 14.2 Å². The van der Waals surface area contributed by atoms with Crippen molar-refractivity contribution < 1.29 is 13.9 Å². The molecule has 0 saturated carbocycles. The molecule has 2 aromatic carbocycles. The number of hydrogen-bond donors (Lipinski definition) is 0. The van der Waals surface area contributed by atoms with Crippen molar-refractivity contribution in [3.8, 4) is 0 Å². The molecule has 5 rings (SSSR count). The molecule has 0 N–H and O–H groups in total. The van der Waals surface area contributed by atoms with Gasteiger partial charge in [-0.25, -0.2) is 4.39 Å². The highest BCUT2D eigenvalue weighted by Crippen LogP contribution is 2.46. The molecule has 1 saturated heterocycles. The lowest BCUT2D eigenvalue weighted by Crippen LogP contribution is -2.50. The van der Waals surface area contributed by atoms with Crippen LogP contribution in [0, 0.1) is 0 Å². The first-order chi connectivity index (χ1) is 14.5. The second-order valence-electron chi connectivity index (χ2n) is 8.05. The summed E-state index contributed by atoms with van der Waals surface area (Å²) in [5.41, 5.74) is 3.77. The molecular formula is C23H23FN4O2. The van der Waals surface area contributed by atoms with Crippen LogP contribution in [0.3, 0.4) is 0 Å². The van der Waals surface area contributed by atoms with E-state index in [-0.39, 0.29) is 24.9 Å². The summed E-state index contributed by atoms with van der Waals surface area (Å²) in [6, 6.07) is 13.5. The van der Waals surface area contributed by atoms with E-state index in [1.807, 2.05) is 36.4 Å². The zero-order valence-electron chi connectivity index (χ0n) is 17.0. The quantitative estimate of drug-likeness (QED) is 0.651. The molecule has 30 heavy (non-hydrogen) atoms. The zero-order valence-corrected chi connectivity index (χ0v) is 17.0. The van der Waals surface area contributed by atoms with Gasteiger partial charge in [-0.2, -0.15) is 0 Å². The van der Waals surface area contributed by atoms with Crippen molar-refractivity contribution in [1.82, 2.24) is 14.8 Å². The number of amides is 1. The minimum Gasteiger partial charge on any atom is -0.379 e. The molecule has 1 amide bonds. The van der Waals surface area contributed by atoms with Crippen molar-refractivity contribution in [2.75, 3.05) is 18.1 Å². The Kier molecular flexibility index (Phi) is 4.43. The molecule has 0 aliphatic carbocycles. The fourth-order valence-electron chi connectivity index (χ4n) is 4.47. The van der Waals surface area contributed by atoms with E-state index in [9.17, 15) is 4.79 Å². The number of anilines is 1. The second-order valence-corrected chi connectivity index (χ2v) is 8.05. The Labute approximate surface area is 174 Å². The number of alkyl halides is 1. The molecule has 1 aromatic heterocycles. The third-order valence-corrected chi connectivity index (χ3v) is 6.36. The van der Waals surface area contributed by atoms with Gasteiger partial charge in [0.1, 0.15) is 6.33 Å². The smallest absolute Gasteiger partial charge is 0.258 e. The SMILES string of the molecule is CCc1cccc2c1CN(c1cccc(C3([C@@H](F)c4nncn4C)COC3)c1)C2=O. The molecular weight excluding hydrogens is 383 g/mol. The normalized spacial score (nSPS) is 18.2. The number of rotatable bonds is 5. The third kappa shape index (κ3) is 2.69. The van der Waals surface area contributed by atoms with E-state index in [1.54, 1.807) is 16.5 Å². The maximum atomic E-state index is 15.6. The Morgan fingerprint density at radius 2 is 2.03 bits per heavy atom. The number of benzene rings is 2. The van der Waals surface area contributed by atoms with Crippen LogP contribution in [-0.2, 0) is 30.2 Å². The molecule has 0 radical (unpaired) electrons. The van der Waals surface area contributed by atoms with Gasteiger partial charge in [0.2, 0.25) is 0 Å². The standard InChI is InChI=1S/C23H23FN4O2/c1-3-15-6-4-9-18-19(15)11-28(22(18)29)17-8-5-7-16(10-17)23(12-30-13-23)20(24)21-26-25-14-27(21)2/h4-10,14,20H,3,11-13H2,1-2H3/t20-/m0/s1. The van der Waals surface area contributed by atoms with Gasteiger partial charge in [-0.3, -0.25) is 4.79 Å². The fourth-order valence-corrected chi connectivity index (χ4v) is 4.47. The molecule has 0 spiro atoms. The van der Waals surface area contributed by atoms with Crippen molar-refractivity contribution in [2.45, 2.75) is 31.5 Å². The number of carbonyl (C=O) groups is 1. The minimum absolute atomic E-state index is 0.0125. The van der Waals surface area contributed by atoms with Gasteiger partial charge in [0.25, 0.3) is 5.91 Å². The van der Waals surface area contributed by atoms with E-state index in [1.165, 1.54) is 11.9 Å². The molecule has 1 atom stereocenters. The van der Waals surface area contributed by atoms with Crippen LogP contribution in [0.5, 0.6) is 0 Å². The molecule has 6 nitrogen and oxygen atoms in total. The molecule has 0 unspecified atom stereocenters. The summed E-state index contributed by atoms with van der Waals surface area (Å²) in [6.45, 7) is 3.16. The highest BCUT2D eigenvalue weighted by Gasteiger charge is 2.50. The number of nitrogens with zero attached hydrogens (tertiary/aromatic N) is 4. The Balaban J connectivity index is 1.51. The largest absolute Gasteiger partial charge is 0.379 e. The van der Waals surface area contributed by atoms with Gasteiger partial charge in [-0.05, 0) is 41.3 Å². The van der Waals surface area contributed by atoms with E-state index in [2.05, 4.69) is 23.2 Å². The van der Waals surface area contributed by atoms with Crippen molar-refractivity contribution in [3.63, 3.8) is 0 Å². The van der Waals surface area contributed by atoms with Crippen LogP contribution < -0.4 is 4.90 Å². The first-order valence-corrected chi connectivity index (χ1v) is 10.1. The predicted octanol–water partition coefficient (Wildman–Crippen LogP) is 3.52. The van der Waals surface area contributed by atoms with E-state index < -0.39 is 11.6 Å². The van der Waals surface area contributed by atoms with Gasteiger partial charge in [-0.1, -0.05) is 31.2 Å². The van der Waals surface area contributed by atoms with E-state index in [0.717, 1.165) is 28.8 Å². The summed E-state index contributed by atoms with van der Waals surface area (Å²) < 4.78 is 22.7. The second kappa shape index (κ2) is 7.02. The average molecular weight is 406 g/mol. The summed E-state index contributed by atoms with van der Waals surface area (Å²) >= 11 is 0.